The molecule has 2 aromatic rings. The molecule has 1 N–H and O–H groups in total. The van der Waals surface area contributed by atoms with Gasteiger partial charge in [0.25, 0.3) is 0 Å². The Kier molecular flexibility index (Phi) is 6.22. The zero-order valence-electron chi connectivity index (χ0n) is 13.8. The molecule has 0 fully saturated rings. The smallest absolute Gasteiger partial charge is 0.0349 e. The summed E-state index contributed by atoms with van der Waals surface area (Å²) < 4.78 is 1.41. The van der Waals surface area contributed by atoms with E-state index in [-0.39, 0.29) is 0 Å². The summed E-state index contributed by atoms with van der Waals surface area (Å²) in [5.74, 6) is 0. The average molecular weight is 305 g/mol. The maximum absolute atomic E-state index is 3.49. The Morgan fingerprint density at radius 2 is 2.00 bits per heavy atom. The largest absolute Gasteiger partial charge is 0.312 e. The predicted octanol–water partition coefficient (Wildman–Crippen LogP) is 4.63. The second-order valence-corrected chi connectivity index (χ2v) is 6.97. The zero-order chi connectivity index (χ0) is 15.2. The van der Waals surface area contributed by atoms with Gasteiger partial charge in [0.1, 0.15) is 0 Å². The third-order valence-electron chi connectivity index (χ3n) is 4.18. The van der Waals surface area contributed by atoms with Crippen LogP contribution < -0.4 is 5.32 Å². The van der Waals surface area contributed by atoms with Crippen molar-refractivity contribution < 1.29 is 0 Å². The SMILES string of the molecule is CCCC(C)N(C)Cc1c(CNCC)sc2ccccc12. The van der Waals surface area contributed by atoms with Gasteiger partial charge in [0.2, 0.25) is 0 Å². The van der Waals surface area contributed by atoms with Crippen molar-refractivity contribution in [3.05, 3.63) is 34.7 Å². The number of thiophene rings is 1. The highest BCUT2D eigenvalue weighted by atomic mass is 32.1. The fourth-order valence-electron chi connectivity index (χ4n) is 2.75. The lowest BCUT2D eigenvalue weighted by molar-refractivity contribution is 0.237. The lowest BCUT2D eigenvalue weighted by atomic mass is 10.1. The Morgan fingerprint density at radius 3 is 2.71 bits per heavy atom. The molecule has 0 aliphatic rings. The summed E-state index contributed by atoms with van der Waals surface area (Å²) in [5.41, 5.74) is 1.52. The highest BCUT2D eigenvalue weighted by Crippen LogP contribution is 2.32. The van der Waals surface area contributed by atoms with Crippen LogP contribution in [0.1, 0.15) is 44.1 Å². The molecule has 0 bridgehead atoms. The van der Waals surface area contributed by atoms with Gasteiger partial charge < -0.3 is 5.32 Å². The van der Waals surface area contributed by atoms with E-state index >= 15 is 0 Å². The molecular formula is C18H28N2S. The Balaban J connectivity index is 2.26. The van der Waals surface area contributed by atoms with Crippen molar-refractivity contribution in [2.45, 2.75) is 52.7 Å². The van der Waals surface area contributed by atoms with Crippen molar-refractivity contribution in [3.63, 3.8) is 0 Å². The monoisotopic (exact) mass is 304 g/mol. The molecule has 21 heavy (non-hydrogen) atoms. The second kappa shape index (κ2) is 7.92. The summed E-state index contributed by atoms with van der Waals surface area (Å²) in [7, 11) is 2.25. The fourth-order valence-corrected chi connectivity index (χ4v) is 3.93. The van der Waals surface area contributed by atoms with Crippen molar-refractivity contribution >= 4 is 21.4 Å². The Labute approximate surface area is 133 Å². The van der Waals surface area contributed by atoms with E-state index in [2.05, 4.69) is 62.3 Å². The van der Waals surface area contributed by atoms with E-state index in [1.165, 1.54) is 33.4 Å². The molecule has 1 unspecified atom stereocenters. The van der Waals surface area contributed by atoms with E-state index in [0.717, 1.165) is 19.6 Å². The lowest BCUT2D eigenvalue weighted by Gasteiger charge is -2.24. The second-order valence-electron chi connectivity index (χ2n) is 5.83. The van der Waals surface area contributed by atoms with Gasteiger partial charge in [0.05, 0.1) is 0 Å². The van der Waals surface area contributed by atoms with Crippen LogP contribution in [0.4, 0.5) is 0 Å². The maximum Gasteiger partial charge on any atom is 0.0349 e. The standard InChI is InChI=1S/C18H28N2S/c1-5-9-14(3)20(4)13-16-15-10-7-8-11-17(15)21-18(16)12-19-6-2/h7-8,10-11,14,19H,5-6,9,12-13H2,1-4H3. The topological polar surface area (TPSA) is 15.3 Å². The predicted molar refractivity (Wildman–Crippen MR) is 95.0 cm³/mol. The molecule has 2 nitrogen and oxygen atoms in total. The third-order valence-corrected chi connectivity index (χ3v) is 5.40. The van der Waals surface area contributed by atoms with Gasteiger partial charge >= 0.3 is 0 Å². The Morgan fingerprint density at radius 1 is 1.24 bits per heavy atom. The van der Waals surface area contributed by atoms with Gasteiger partial charge in [-0.15, -0.1) is 11.3 Å². The number of hydrogen-bond acceptors (Lipinski definition) is 3. The normalized spacial score (nSPS) is 13.2. The van der Waals surface area contributed by atoms with Gasteiger partial charge in [-0.1, -0.05) is 38.5 Å². The quantitative estimate of drug-likeness (QED) is 0.765. The molecule has 0 aliphatic heterocycles. The van der Waals surface area contributed by atoms with E-state index in [4.69, 9.17) is 0 Å². The van der Waals surface area contributed by atoms with Gasteiger partial charge in [-0.05, 0) is 44.0 Å². The summed E-state index contributed by atoms with van der Waals surface area (Å²) in [6, 6.07) is 9.46. The van der Waals surface area contributed by atoms with Crippen LogP contribution in [0.3, 0.4) is 0 Å². The molecule has 0 saturated heterocycles. The summed E-state index contributed by atoms with van der Waals surface area (Å²) in [5, 5.41) is 4.92. The lowest BCUT2D eigenvalue weighted by Crippen LogP contribution is -2.28. The molecule has 1 aromatic carbocycles. The molecular weight excluding hydrogens is 276 g/mol. The summed E-state index contributed by atoms with van der Waals surface area (Å²) in [6.07, 6.45) is 2.52. The summed E-state index contributed by atoms with van der Waals surface area (Å²) in [6.45, 7) is 9.83. The summed E-state index contributed by atoms with van der Waals surface area (Å²) >= 11 is 1.94. The zero-order valence-corrected chi connectivity index (χ0v) is 14.6. The molecule has 0 radical (unpaired) electrons. The van der Waals surface area contributed by atoms with Gasteiger partial charge in [0.15, 0.2) is 0 Å². The van der Waals surface area contributed by atoms with E-state index in [1.807, 2.05) is 11.3 Å². The van der Waals surface area contributed by atoms with Gasteiger partial charge in [-0.3, -0.25) is 4.90 Å². The first-order valence-corrected chi connectivity index (χ1v) is 8.89. The fraction of sp³-hybridized carbons (Fsp3) is 0.556. The van der Waals surface area contributed by atoms with Crippen LogP contribution in [-0.4, -0.2) is 24.5 Å². The van der Waals surface area contributed by atoms with Crippen LogP contribution in [0.2, 0.25) is 0 Å². The Hall–Kier alpha value is -0.900. The van der Waals surface area contributed by atoms with Gasteiger partial charge in [-0.25, -0.2) is 0 Å². The first-order valence-electron chi connectivity index (χ1n) is 8.07. The third kappa shape index (κ3) is 4.06. The maximum atomic E-state index is 3.49. The Bertz CT molecular complexity index is 561. The molecule has 116 valence electrons. The molecule has 1 heterocycles. The number of nitrogens with one attached hydrogen (secondary N) is 1. The van der Waals surface area contributed by atoms with E-state index < -0.39 is 0 Å². The van der Waals surface area contributed by atoms with Crippen molar-refractivity contribution in [3.8, 4) is 0 Å². The van der Waals surface area contributed by atoms with Crippen molar-refractivity contribution in [2.75, 3.05) is 13.6 Å². The van der Waals surface area contributed by atoms with Crippen LogP contribution in [0.25, 0.3) is 10.1 Å². The van der Waals surface area contributed by atoms with E-state index in [1.54, 1.807) is 0 Å². The molecule has 1 atom stereocenters. The molecule has 0 amide bonds. The average Bonchev–Trinajstić information content (AvgIpc) is 2.83. The molecule has 3 heteroatoms. The first kappa shape index (κ1) is 16.5. The van der Waals surface area contributed by atoms with Crippen LogP contribution in [0.15, 0.2) is 24.3 Å². The minimum Gasteiger partial charge on any atom is -0.312 e. The van der Waals surface area contributed by atoms with E-state index in [9.17, 15) is 0 Å². The molecule has 0 aliphatic carbocycles. The molecule has 1 aromatic heterocycles. The van der Waals surface area contributed by atoms with Gasteiger partial charge in [-0.2, -0.15) is 0 Å². The van der Waals surface area contributed by atoms with Crippen molar-refractivity contribution in [2.24, 2.45) is 0 Å². The molecule has 2 rings (SSSR count). The highest BCUT2D eigenvalue weighted by Gasteiger charge is 2.16. The number of rotatable bonds is 8. The van der Waals surface area contributed by atoms with Crippen LogP contribution in [0.5, 0.6) is 0 Å². The minimum absolute atomic E-state index is 0.639. The highest BCUT2D eigenvalue weighted by molar-refractivity contribution is 7.19. The molecule has 0 spiro atoms. The van der Waals surface area contributed by atoms with Crippen LogP contribution in [0, 0.1) is 0 Å². The van der Waals surface area contributed by atoms with Gasteiger partial charge in [0, 0.05) is 28.7 Å². The van der Waals surface area contributed by atoms with Crippen LogP contribution in [-0.2, 0) is 13.1 Å². The number of fused-ring (bicyclic) bond motifs is 1. The summed E-state index contributed by atoms with van der Waals surface area (Å²) in [4.78, 5) is 3.99. The number of nitrogens with zero attached hydrogens (tertiary/aromatic N) is 1. The van der Waals surface area contributed by atoms with E-state index in [0.29, 0.717) is 6.04 Å². The van der Waals surface area contributed by atoms with Crippen molar-refractivity contribution in [1.82, 2.24) is 10.2 Å². The first-order chi connectivity index (χ1) is 10.2. The number of benzene rings is 1. The minimum atomic E-state index is 0.639. The number of hydrogen-bond donors (Lipinski definition) is 1. The molecule has 0 saturated carbocycles. The van der Waals surface area contributed by atoms with Crippen LogP contribution >= 0.6 is 11.3 Å². The van der Waals surface area contributed by atoms with Crippen molar-refractivity contribution in [1.29, 1.82) is 0 Å².